The average molecular weight is 126 g/mol. The SMILES string of the molecule is CCS(=O)(=O)S. The van der Waals surface area contributed by atoms with Crippen molar-refractivity contribution in [1.29, 1.82) is 0 Å². The number of hydrogen-bond acceptors (Lipinski definition) is 2. The first kappa shape index (κ1) is 6.30. The average Bonchev–Trinajstić information content (AvgIpc) is 1.35. The molecule has 0 aliphatic rings. The van der Waals surface area contributed by atoms with E-state index in [1.54, 1.807) is 6.92 Å². The molecule has 0 amide bonds. The molecule has 0 fully saturated rings. The van der Waals surface area contributed by atoms with Crippen LogP contribution in [-0.4, -0.2) is 14.2 Å². The van der Waals surface area contributed by atoms with Crippen molar-refractivity contribution in [2.24, 2.45) is 0 Å². The van der Waals surface area contributed by atoms with Gasteiger partial charge in [0.05, 0.1) is 5.75 Å². The molecule has 0 saturated carbocycles. The van der Waals surface area contributed by atoms with Crippen molar-refractivity contribution < 1.29 is 8.42 Å². The molecule has 0 unspecified atom stereocenters. The van der Waals surface area contributed by atoms with Gasteiger partial charge in [0.2, 0.25) is 0 Å². The Bertz CT molecular complexity index is 112. The fraction of sp³-hybridized carbons (Fsp3) is 1.00. The minimum Gasteiger partial charge on any atom is -0.218 e. The van der Waals surface area contributed by atoms with Crippen LogP contribution in [0.5, 0.6) is 0 Å². The van der Waals surface area contributed by atoms with E-state index >= 15 is 0 Å². The monoisotopic (exact) mass is 126 g/mol. The van der Waals surface area contributed by atoms with Gasteiger partial charge in [0, 0.05) is 0 Å². The van der Waals surface area contributed by atoms with Gasteiger partial charge in [0.25, 0.3) is 0 Å². The summed E-state index contributed by atoms with van der Waals surface area (Å²) >= 11 is 3.23. The molecule has 0 radical (unpaired) electrons. The van der Waals surface area contributed by atoms with Crippen LogP contribution >= 0.6 is 11.7 Å². The molecule has 0 atom stereocenters. The Labute approximate surface area is 42.3 Å². The lowest BCUT2D eigenvalue weighted by atomic mass is 11.0. The second kappa shape index (κ2) is 1.84. The Kier molecular flexibility index (Phi) is 1.93. The molecule has 0 saturated heterocycles. The van der Waals surface area contributed by atoms with Gasteiger partial charge in [0.15, 0.2) is 8.87 Å². The zero-order valence-electron chi connectivity index (χ0n) is 3.38. The quantitative estimate of drug-likeness (QED) is 0.404. The molecule has 6 heavy (non-hydrogen) atoms. The maximum absolute atomic E-state index is 9.86. The van der Waals surface area contributed by atoms with Crippen LogP contribution in [0, 0.1) is 0 Å². The second-order valence-corrected chi connectivity index (χ2v) is 4.28. The van der Waals surface area contributed by atoms with Gasteiger partial charge in [-0.15, -0.1) is 0 Å². The Morgan fingerprint density at radius 3 is 1.83 bits per heavy atom. The van der Waals surface area contributed by atoms with E-state index in [1.165, 1.54) is 0 Å². The summed E-state index contributed by atoms with van der Waals surface area (Å²) in [6, 6.07) is 0. The molecule has 0 aromatic carbocycles. The Hall–Kier alpha value is 0.300. The van der Waals surface area contributed by atoms with Crippen LogP contribution in [0.2, 0.25) is 0 Å². The summed E-state index contributed by atoms with van der Waals surface area (Å²) in [6.45, 7) is 1.54. The largest absolute Gasteiger partial charge is 0.218 e. The lowest BCUT2D eigenvalue weighted by molar-refractivity contribution is 0.612. The zero-order valence-corrected chi connectivity index (χ0v) is 5.09. The first-order valence-electron chi connectivity index (χ1n) is 1.51. The van der Waals surface area contributed by atoms with Crippen molar-refractivity contribution in [1.82, 2.24) is 0 Å². The van der Waals surface area contributed by atoms with E-state index < -0.39 is 8.87 Å². The molecule has 4 heteroatoms. The highest BCUT2D eigenvalue weighted by Gasteiger charge is 1.92. The van der Waals surface area contributed by atoms with E-state index in [9.17, 15) is 8.42 Å². The van der Waals surface area contributed by atoms with Crippen molar-refractivity contribution in [3.63, 3.8) is 0 Å². The third-order valence-corrected chi connectivity index (χ3v) is 1.87. The van der Waals surface area contributed by atoms with Gasteiger partial charge in [0.1, 0.15) is 0 Å². The normalized spacial score (nSPS) is 11.7. The van der Waals surface area contributed by atoms with Crippen LogP contribution < -0.4 is 0 Å². The minimum absolute atomic E-state index is 0.107. The maximum atomic E-state index is 9.86. The first-order valence-corrected chi connectivity index (χ1v) is 4.22. The molecular weight excluding hydrogens is 120 g/mol. The maximum Gasteiger partial charge on any atom is 0.198 e. The van der Waals surface area contributed by atoms with Crippen molar-refractivity contribution in [3.8, 4) is 0 Å². The molecule has 38 valence electrons. The summed E-state index contributed by atoms with van der Waals surface area (Å²) in [6.07, 6.45) is 0. The first-order chi connectivity index (χ1) is 2.56. The van der Waals surface area contributed by atoms with Crippen LogP contribution in [0.4, 0.5) is 0 Å². The minimum atomic E-state index is -2.97. The number of hydrogen-bond donors (Lipinski definition) is 1. The summed E-state index contributed by atoms with van der Waals surface area (Å²) in [7, 11) is -2.97. The molecule has 0 spiro atoms. The molecule has 0 rings (SSSR count). The van der Waals surface area contributed by atoms with Gasteiger partial charge >= 0.3 is 0 Å². The van der Waals surface area contributed by atoms with Gasteiger partial charge < -0.3 is 0 Å². The summed E-state index contributed by atoms with van der Waals surface area (Å²) in [5, 5.41) is 0. The molecule has 0 aliphatic heterocycles. The standard InChI is InChI=1S/C2H6O2S2/c1-2-6(3,4)5/h2H2,1H3,(H,3,4,5). The lowest BCUT2D eigenvalue weighted by Crippen LogP contribution is -1.88. The summed E-state index contributed by atoms with van der Waals surface area (Å²) in [5.41, 5.74) is 0. The summed E-state index contributed by atoms with van der Waals surface area (Å²) in [5.74, 6) is 0.107. The predicted molar refractivity (Wildman–Crippen MR) is 28.4 cm³/mol. The predicted octanol–water partition coefficient (Wildman–Crippen LogP) is 0.266. The highest BCUT2D eigenvalue weighted by molar-refractivity contribution is 8.63. The third-order valence-electron chi connectivity index (χ3n) is 0.365. The van der Waals surface area contributed by atoms with Crippen molar-refractivity contribution in [2.45, 2.75) is 6.92 Å². The summed E-state index contributed by atoms with van der Waals surface area (Å²) in [4.78, 5) is 0. The number of rotatable bonds is 1. The van der Waals surface area contributed by atoms with Crippen LogP contribution in [-0.2, 0) is 8.87 Å². The smallest absolute Gasteiger partial charge is 0.198 e. The molecule has 0 bridgehead atoms. The Morgan fingerprint density at radius 1 is 1.67 bits per heavy atom. The van der Waals surface area contributed by atoms with Crippen LogP contribution in [0.3, 0.4) is 0 Å². The summed E-state index contributed by atoms with van der Waals surface area (Å²) < 4.78 is 19.7. The van der Waals surface area contributed by atoms with E-state index in [0.717, 1.165) is 0 Å². The third kappa shape index (κ3) is 4.30. The number of thiol groups is 1. The van der Waals surface area contributed by atoms with E-state index in [0.29, 0.717) is 0 Å². The van der Waals surface area contributed by atoms with Gasteiger partial charge in [-0.25, -0.2) is 8.42 Å². The molecule has 0 aliphatic carbocycles. The molecule has 0 aromatic rings. The second-order valence-electron chi connectivity index (χ2n) is 0.871. The molecule has 2 nitrogen and oxygen atoms in total. The highest BCUT2D eigenvalue weighted by Crippen LogP contribution is 1.90. The van der Waals surface area contributed by atoms with Gasteiger partial charge in [-0.05, 0) is 11.7 Å². The van der Waals surface area contributed by atoms with E-state index in [1.807, 2.05) is 0 Å². The zero-order chi connectivity index (χ0) is 5.21. The van der Waals surface area contributed by atoms with Crippen LogP contribution in [0.15, 0.2) is 0 Å². The van der Waals surface area contributed by atoms with Crippen molar-refractivity contribution >= 4 is 20.5 Å². The fourth-order valence-corrected chi connectivity index (χ4v) is 0. The van der Waals surface area contributed by atoms with Crippen LogP contribution in [0.1, 0.15) is 6.92 Å². The molecule has 0 N–H and O–H groups in total. The van der Waals surface area contributed by atoms with Gasteiger partial charge in [-0.3, -0.25) is 0 Å². The van der Waals surface area contributed by atoms with Gasteiger partial charge in [-0.1, -0.05) is 6.92 Å². The van der Waals surface area contributed by atoms with E-state index in [2.05, 4.69) is 11.7 Å². The van der Waals surface area contributed by atoms with Crippen LogP contribution in [0.25, 0.3) is 0 Å². The van der Waals surface area contributed by atoms with Crippen molar-refractivity contribution in [2.75, 3.05) is 5.75 Å². The fourth-order valence-electron chi connectivity index (χ4n) is 0. The van der Waals surface area contributed by atoms with E-state index in [-0.39, 0.29) is 5.75 Å². The Morgan fingerprint density at radius 2 is 1.83 bits per heavy atom. The topological polar surface area (TPSA) is 34.1 Å². The van der Waals surface area contributed by atoms with E-state index in [4.69, 9.17) is 0 Å². The molecular formula is C2H6O2S2. The molecule has 0 heterocycles. The van der Waals surface area contributed by atoms with Crippen molar-refractivity contribution in [3.05, 3.63) is 0 Å². The lowest BCUT2D eigenvalue weighted by Gasteiger charge is -1.79. The molecule has 0 aromatic heterocycles. The Balaban J connectivity index is 3.85. The van der Waals surface area contributed by atoms with Gasteiger partial charge in [-0.2, -0.15) is 0 Å². The highest BCUT2D eigenvalue weighted by atomic mass is 33.1.